The molecule has 2 rings (SSSR count). The van der Waals surface area contributed by atoms with Crippen LogP contribution in [-0.2, 0) is 0 Å². The molecule has 23 heavy (non-hydrogen) atoms. The summed E-state index contributed by atoms with van der Waals surface area (Å²) in [6.45, 7) is 3.77. The molecule has 2 aromatic carbocycles. The highest BCUT2D eigenvalue weighted by Gasteiger charge is 2.27. The van der Waals surface area contributed by atoms with Crippen molar-refractivity contribution in [3.05, 3.63) is 67.3 Å². The Kier molecular flexibility index (Phi) is 4.23. The highest BCUT2D eigenvalue weighted by molar-refractivity contribution is 5.80. The van der Waals surface area contributed by atoms with Crippen molar-refractivity contribution in [1.82, 2.24) is 0 Å². The molecule has 0 fully saturated rings. The second kappa shape index (κ2) is 6.11. The van der Waals surface area contributed by atoms with E-state index in [2.05, 4.69) is 5.32 Å². The van der Waals surface area contributed by atoms with Crippen molar-refractivity contribution in [2.45, 2.75) is 13.8 Å². The molecule has 0 saturated heterocycles. The Morgan fingerprint density at radius 3 is 2.00 bits per heavy atom. The summed E-state index contributed by atoms with van der Waals surface area (Å²) in [5.41, 5.74) is 1.02. The molecule has 0 aliphatic carbocycles. The first-order valence-corrected chi connectivity index (χ1v) is 6.54. The van der Waals surface area contributed by atoms with Crippen molar-refractivity contribution in [3.63, 3.8) is 0 Å². The molecule has 0 spiro atoms. The van der Waals surface area contributed by atoms with Crippen molar-refractivity contribution >= 4 is 22.7 Å². The third-order valence-electron chi connectivity index (χ3n) is 3.40. The van der Waals surface area contributed by atoms with Gasteiger partial charge in [-0.05, 0) is 37.1 Å². The van der Waals surface area contributed by atoms with Gasteiger partial charge in [-0.1, -0.05) is 6.07 Å². The summed E-state index contributed by atoms with van der Waals surface area (Å²) < 4.78 is 0. The molecular formula is C15H12N4O4. The molecule has 8 nitrogen and oxygen atoms in total. The fraction of sp³-hybridized carbons (Fsp3) is 0.133. The van der Waals surface area contributed by atoms with Crippen LogP contribution in [0.2, 0.25) is 0 Å². The summed E-state index contributed by atoms with van der Waals surface area (Å²) in [7, 11) is 0. The SMILES string of the molecule is Cc1ccc(Nc2c([N+](=O)[O-])cc(C#N)cc2[N+](=O)[O-])cc1C. The lowest BCUT2D eigenvalue weighted by molar-refractivity contribution is -0.392. The highest BCUT2D eigenvalue weighted by atomic mass is 16.6. The van der Waals surface area contributed by atoms with E-state index in [1.54, 1.807) is 24.3 Å². The molecule has 0 aliphatic rings. The van der Waals surface area contributed by atoms with Gasteiger partial charge in [0.05, 0.1) is 21.5 Å². The Morgan fingerprint density at radius 1 is 1.00 bits per heavy atom. The minimum absolute atomic E-state index is 0.144. The predicted molar refractivity (Wildman–Crippen MR) is 83.7 cm³/mol. The van der Waals surface area contributed by atoms with E-state index in [4.69, 9.17) is 5.26 Å². The number of anilines is 2. The zero-order valence-electron chi connectivity index (χ0n) is 12.4. The van der Waals surface area contributed by atoms with E-state index in [0.717, 1.165) is 23.3 Å². The first-order chi connectivity index (χ1) is 10.8. The first kappa shape index (κ1) is 15.9. The maximum atomic E-state index is 11.2. The Morgan fingerprint density at radius 2 is 1.57 bits per heavy atom. The second-order valence-corrected chi connectivity index (χ2v) is 4.94. The molecule has 0 amide bonds. The Balaban J connectivity index is 2.63. The third-order valence-corrected chi connectivity index (χ3v) is 3.40. The van der Waals surface area contributed by atoms with Gasteiger partial charge in [-0.2, -0.15) is 5.26 Å². The van der Waals surface area contributed by atoms with Crippen LogP contribution in [0.1, 0.15) is 16.7 Å². The smallest absolute Gasteiger partial charge is 0.301 e. The van der Waals surface area contributed by atoms with Crippen LogP contribution in [0.5, 0.6) is 0 Å². The fourth-order valence-corrected chi connectivity index (χ4v) is 2.06. The Labute approximate surface area is 131 Å². The number of hydrogen-bond acceptors (Lipinski definition) is 6. The van der Waals surface area contributed by atoms with Crippen LogP contribution < -0.4 is 5.32 Å². The average molecular weight is 312 g/mol. The Hall–Kier alpha value is -3.47. The lowest BCUT2D eigenvalue weighted by atomic mass is 10.1. The molecule has 116 valence electrons. The van der Waals surface area contributed by atoms with Crippen LogP contribution in [0.15, 0.2) is 30.3 Å². The summed E-state index contributed by atoms with van der Waals surface area (Å²) in [6.07, 6.45) is 0. The molecule has 0 aromatic heterocycles. The van der Waals surface area contributed by atoms with Gasteiger partial charge in [0, 0.05) is 17.8 Å². The second-order valence-electron chi connectivity index (χ2n) is 4.94. The standard InChI is InChI=1S/C15H12N4O4/c1-9-3-4-12(5-10(9)2)17-15-13(18(20)21)6-11(8-16)7-14(15)19(22)23/h3-7,17H,1-2H3. The number of nitro groups is 2. The molecule has 0 aliphatic heterocycles. The topological polar surface area (TPSA) is 122 Å². The van der Waals surface area contributed by atoms with E-state index >= 15 is 0 Å². The van der Waals surface area contributed by atoms with E-state index in [0.29, 0.717) is 5.69 Å². The largest absolute Gasteiger partial charge is 0.344 e. The van der Waals surface area contributed by atoms with Crippen molar-refractivity contribution < 1.29 is 9.85 Å². The normalized spacial score (nSPS) is 9.96. The van der Waals surface area contributed by atoms with Gasteiger partial charge in [0.1, 0.15) is 0 Å². The summed E-state index contributed by atoms with van der Waals surface area (Å²) in [4.78, 5) is 20.9. The third kappa shape index (κ3) is 3.24. The zero-order valence-corrected chi connectivity index (χ0v) is 12.4. The number of rotatable bonds is 4. The molecular weight excluding hydrogens is 300 g/mol. The van der Waals surface area contributed by atoms with Gasteiger partial charge in [-0.15, -0.1) is 0 Å². The molecule has 0 saturated carbocycles. The van der Waals surface area contributed by atoms with Crippen LogP contribution in [-0.4, -0.2) is 9.85 Å². The molecule has 0 radical (unpaired) electrons. The number of nitro benzene ring substituents is 2. The van der Waals surface area contributed by atoms with Gasteiger partial charge in [0.15, 0.2) is 5.69 Å². The summed E-state index contributed by atoms with van der Waals surface area (Å²) >= 11 is 0. The van der Waals surface area contributed by atoms with Gasteiger partial charge in [0.25, 0.3) is 0 Å². The quantitative estimate of drug-likeness (QED) is 0.677. The minimum Gasteiger partial charge on any atom is -0.344 e. The van der Waals surface area contributed by atoms with Gasteiger partial charge in [-0.25, -0.2) is 0 Å². The van der Waals surface area contributed by atoms with Crippen molar-refractivity contribution in [3.8, 4) is 6.07 Å². The predicted octanol–water partition coefficient (Wildman–Crippen LogP) is 3.74. The number of nitrogens with one attached hydrogen (secondary N) is 1. The average Bonchev–Trinajstić information content (AvgIpc) is 2.50. The molecule has 1 N–H and O–H groups in total. The monoisotopic (exact) mass is 312 g/mol. The zero-order chi connectivity index (χ0) is 17.1. The van der Waals surface area contributed by atoms with Crippen molar-refractivity contribution in [1.29, 1.82) is 5.26 Å². The van der Waals surface area contributed by atoms with E-state index < -0.39 is 21.2 Å². The van der Waals surface area contributed by atoms with Crippen molar-refractivity contribution in [2.24, 2.45) is 0 Å². The van der Waals surface area contributed by atoms with Crippen LogP contribution >= 0.6 is 0 Å². The number of hydrogen-bond donors (Lipinski definition) is 1. The van der Waals surface area contributed by atoms with Crippen LogP contribution in [0, 0.1) is 45.4 Å². The lowest BCUT2D eigenvalue weighted by Gasteiger charge is -2.10. The first-order valence-electron chi connectivity index (χ1n) is 6.54. The van der Waals surface area contributed by atoms with Crippen LogP contribution in [0.4, 0.5) is 22.7 Å². The van der Waals surface area contributed by atoms with Gasteiger partial charge >= 0.3 is 11.4 Å². The fourth-order valence-electron chi connectivity index (χ4n) is 2.06. The summed E-state index contributed by atoms with van der Waals surface area (Å²) in [6, 6.07) is 8.93. The maximum absolute atomic E-state index is 11.2. The minimum atomic E-state index is -0.753. The van der Waals surface area contributed by atoms with Crippen molar-refractivity contribution in [2.75, 3.05) is 5.32 Å². The van der Waals surface area contributed by atoms with E-state index in [-0.39, 0.29) is 11.3 Å². The van der Waals surface area contributed by atoms with E-state index in [1.807, 2.05) is 13.8 Å². The number of nitriles is 1. The number of aryl methyl sites for hydroxylation is 2. The van der Waals surface area contributed by atoms with Gasteiger partial charge in [0.2, 0.25) is 0 Å². The molecule has 0 heterocycles. The summed E-state index contributed by atoms with van der Waals surface area (Å²) in [5.74, 6) is 0. The lowest BCUT2D eigenvalue weighted by Crippen LogP contribution is -2.03. The summed E-state index contributed by atoms with van der Waals surface area (Å²) in [5, 5.41) is 34.0. The van der Waals surface area contributed by atoms with Gasteiger partial charge in [-0.3, -0.25) is 20.2 Å². The molecule has 0 bridgehead atoms. The number of benzene rings is 2. The van der Waals surface area contributed by atoms with Crippen LogP contribution in [0.25, 0.3) is 0 Å². The molecule has 0 unspecified atom stereocenters. The maximum Gasteiger partial charge on any atom is 0.301 e. The van der Waals surface area contributed by atoms with Crippen LogP contribution in [0.3, 0.4) is 0 Å². The van der Waals surface area contributed by atoms with E-state index in [1.165, 1.54) is 0 Å². The highest BCUT2D eigenvalue weighted by Crippen LogP contribution is 2.37. The molecule has 0 atom stereocenters. The Bertz CT molecular complexity index is 820. The number of nitrogens with zero attached hydrogens (tertiary/aromatic N) is 3. The molecule has 8 heteroatoms. The van der Waals surface area contributed by atoms with E-state index in [9.17, 15) is 20.2 Å². The molecule has 2 aromatic rings. The van der Waals surface area contributed by atoms with Gasteiger partial charge < -0.3 is 5.32 Å².